The SMILES string of the molecule is CS(=O)(=O)N(C/C=C/c1cccc(C(=N)N)c1)c1ccc(OC2CCN(C3=NCCO3)CC2)c(C(N)=O)c1.Cl.Cl. The number of ether oxygens (including phenoxy) is 2. The van der Waals surface area contributed by atoms with Crippen molar-refractivity contribution in [2.75, 3.05) is 43.3 Å². The first-order valence-electron chi connectivity index (χ1n) is 12.2. The second kappa shape index (κ2) is 14.2. The smallest absolute Gasteiger partial charge is 0.287 e. The number of primary amides is 1. The number of rotatable bonds is 9. The van der Waals surface area contributed by atoms with Crippen LogP contribution in [-0.2, 0) is 14.8 Å². The molecule has 1 saturated heterocycles. The van der Waals surface area contributed by atoms with E-state index < -0.39 is 15.9 Å². The van der Waals surface area contributed by atoms with Crippen molar-refractivity contribution in [3.8, 4) is 5.75 Å². The number of hydrogen-bond acceptors (Lipinski definition) is 8. The summed E-state index contributed by atoms with van der Waals surface area (Å²) in [5.41, 5.74) is 12.9. The molecule has 40 heavy (non-hydrogen) atoms. The molecule has 0 aliphatic carbocycles. The number of benzene rings is 2. The van der Waals surface area contributed by atoms with E-state index in [1.54, 1.807) is 42.5 Å². The number of carbonyl (C=O) groups excluding carboxylic acids is 1. The second-order valence-corrected chi connectivity index (χ2v) is 11.0. The van der Waals surface area contributed by atoms with E-state index in [1.165, 1.54) is 10.4 Å². The standard InChI is InChI=1S/C26H32N6O5S.2ClH/c1-38(34,35)32(12-3-5-18-4-2-6-19(16-18)24(27)28)20-7-8-23(22(17-20)25(29)33)37-21-9-13-31(14-10-21)26-30-11-15-36-26;;/h2-8,16-17,21H,9-15H2,1H3,(H3,27,28)(H2,29,33);2*1H/b5-3+;;. The van der Waals surface area contributed by atoms with Crippen LogP contribution in [-0.4, -0.2) is 76.2 Å². The zero-order chi connectivity index (χ0) is 27.3. The molecule has 0 unspecified atom stereocenters. The fourth-order valence-electron chi connectivity index (χ4n) is 4.35. The Bertz CT molecular complexity index is 1380. The minimum Gasteiger partial charge on any atom is -0.489 e. The number of aliphatic imine (C=N–C) groups is 1. The molecular formula is C26H34Cl2N6O5S. The van der Waals surface area contributed by atoms with Crippen molar-refractivity contribution in [1.29, 1.82) is 5.41 Å². The van der Waals surface area contributed by atoms with E-state index in [-0.39, 0.29) is 48.9 Å². The predicted octanol–water partition coefficient (Wildman–Crippen LogP) is 2.62. The van der Waals surface area contributed by atoms with E-state index in [2.05, 4.69) is 9.89 Å². The van der Waals surface area contributed by atoms with E-state index in [0.29, 0.717) is 49.0 Å². The molecule has 0 spiro atoms. The van der Waals surface area contributed by atoms with Gasteiger partial charge in [0.1, 0.15) is 24.3 Å². The first-order valence-corrected chi connectivity index (χ1v) is 14.1. The van der Waals surface area contributed by atoms with Gasteiger partial charge in [0.15, 0.2) is 0 Å². The van der Waals surface area contributed by atoms with Crippen molar-refractivity contribution in [1.82, 2.24) is 4.90 Å². The summed E-state index contributed by atoms with van der Waals surface area (Å²) in [4.78, 5) is 18.7. The van der Waals surface area contributed by atoms with Gasteiger partial charge in [0, 0.05) is 31.5 Å². The van der Waals surface area contributed by atoms with Gasteiger partial charge in [-0.05, 0) is 29.8 Å². The quantitative estimate of drug-likeness (QED) is 0.289. The Morgan fingerprint density at radius 3 is 2.52 bits per heavy atom. The number of likely N-dealkylation sites (tertiary alicyclic amines) is 1. The molecule has 0 bridgehead atoms. The van der Waals surface area contributed by atoms with Gasteiger partial charge in [0.2, 0.25) is 10.0 Å². The lowest BCUT2D eigenvalue weighted by molar-refractivity contribution is 0.0977. The van der Waals surface area contributed by atoms with E-state index >= 15 is 0 Å². The van der Waals surface area contributed by atoms with Crippen molar-refractivity contribution in [3.63, 3.8) is 0 Å². The summed E-state index contributed by atoms with van der Waals surface area (Å²) in [6.45, 7) is 2.74. The van der Waals surface area contributed by atoms with Gasteiger partial charge in [-0.15, -0.1) is 24.8 Å². The van der Waals surface area contributed by atoms with Gasteiger partial charge in [-0.3, -0.25) is 14.5 Å². The summed E-state index contributed by atoms with van der Waals surface area (Å²) in [5, 5.41) is 7.58. The number of anilines is 1. The number of sulfonamides is 1. The van der Waals surface area contributed by atoms with E-state index in [4.69, 9.17) is 26.4 Å². The molecule has 4 rings (SSSR count). The molecule has 2 aliphatic rings. The van der Waals surface area contributed by atoms with Crippen LogP contribution in [0.3, 0.4) is 0 Å². The molecule has 2 aromatic rings. The van der Waals surface area contributed by atoms with Crippen molar-refractivity contribution in [2.24, 2.45) is 16.5 Å². The zero-order valence-corrected chi connectivity index (χ0v) is 24.4. The summed E-state index contributed by atoms with van der Waals surface area (Å²) in [6.07, 6.45) is 5.82. The van der Waals surface area contributed by atoms with E-state index in [9.17, 15) is 13.2 Å². The van der Waals surface area contributed by atoms with Gasteiger partial charge in [-0.25, -0.2) is 13.4 Å². The normalized spacial score (nSPS) is 15.4. The summed E-state index contributed by atoms with van der Waals surface area (Å²) in [5.74, 6) is -0.445. The number of nitrogens with zero attached hydrogens (tertiary/aromatic N) is 3. The van der Waals surface area contributed by atoms with E-state index in [1.807, 2.05) is 6.07 Å². The maximum Gasteiger partial charge on any atom is 0.287 e. The lowest BCUT2D eigenvalue weighted by Crippen LogP contribution is -2.42. The van der Waals surface area contributed by atoms with Gasteiger partial charge in [0.25, 0.3) is 11.9 Å². The summed E-state index contributed by atoms with van der Waals surface area (Å²) in [7, 11) is -3.68. The lowest BCUT2D eigenvalue weighted by atomic mass is 10.1. The molecular weight excluding hydrogens is 579 g/mol. The van der Waals surface area contributed by atoms with E-state index in [0.717, 1.165) is 24.9 Å². The Morgan fingerprint density at radius 1 is 1.20 bits per heavy atom. The number of nitrogens with one attached hydrogen (secondary N) is 1. The maximum atomic E-state index is 12.6. The van der Waals surface area contributed by atoms with Gasteiger partial charge in [-0.2, -0.15) is 0 Å². The van der Waals surface area contributed by atoms with Gasteiger partial charge < -0.3 is 25.8 Å². The van der Waals surface area contributed by atoms with Crippen LogP contribution in [0.15, 0.2) is 53.5 Å². The van der Waals surface area contributed by atoms with Crippen molar-refractivity contribution in [3.05, 3.63) is 65.2 Å². The van der Waals surface area contributed by atoms with Crippen LogP contribution in [0, 0.1) is 5.41 Å². The molecule has 0 saturated carbocycles. The number of nitrogen functional groups attached to an aromatic ring is 1. The predicted molar refractivity (Wildman–Crippen MR) is 162 cm³/mol. The van der Waals surface area contributed by atoms with Crippen LogP contribution in [0.2, 0.25) is 0 Å². The molecule has 14 heteroatoms. The number of amides is 1. The zero-order valence-electron chi connectivity index (χ0n) is 22.0. The summed E-state index contributed by atoms with van der Waals surface area (Å²) in [6, 6.07) is 12.4. The highest BCUT2D eigenvalue weighted by molar-refractivity contribution is 7.92. The fourth-order valence-corrected chi connectivity index (χ4v) is 5.21. The summed E-state index contributed by atoms with van der Waals surface area (Å²) >= 11 is 0. The van der Waals surface area contributed by atoms with Crippen molar-refractivity contribution >= 4 is 64.4 Å². The maximum absolute atomic E-state index is 12.6. The summed E-state index contributed by atoms with van der Waals surface area (Å²) < 4.78 is 38.1. The highest BCUT2D eigenvalue weighted by Crippen LogP contribution is 2.29. The van der Waals surface area contributed by atoms with Gasteiger partial charge in [0.05, 0.1) is 30.6 Å². The first kappa shape index (κ1) is 32.7. The Morgan fingerprint density at radius 2 is 1.93 bits per heavy atom. The first-order chi connectivity index (χ1) is 18.1. The number of nitrogens with two attached hydrogens (primary N) is 2. The Balaban J connectivity index is 0.00000280. The third-order valence-corrected chi connectivity index (χ3v) is 7.43. The van der Waals surface area contributed by atoms with Crippen molar-refractivity contribution in [2.45, 2.75) is 18.9 Å². The second-order valence-electron chi connectivity index (χ2n) is 9.10. The third kappa shape index (κ3) is 8.26. The average molecular weight is 614 g/mol. The molecule has 11 nitrogen and oxygen atoms in total. The number of amidine groups is 2. The molecule has 0 radical (unpaired) electrons. The molecule has 0 aromatic heterocycles. The van der Waals surface area contributed by atoms with Gasteiger partial charge >= 0.3 is 0 Å². The fraction of sp³-hybridized carbons (Fsp3) is 0.346. The largest absolute Gasteiger partial charge is 0.489 e. The molecule has 218 valence electrons. The van der Waals surface area contributed by atoms with Crippen molar-refractivity contribution < 1.29 is 22.7 Å². The minimum absolute atomic E-state index is 0. The molecule has 1 amide bonds. The molecule has 0 atom stereocenters. The highest BCUT2D eigenvalue weighted by Gasteiger charge is 2.27. The topological polar surface area (TPSA) is 164 Å². The van der Waals surface area contributed by atoms with Gasteiger partial charge in [-0.1, -0.05) is 30.4 Å². The lowest BCUT2D eigenvalue weighted by Gasteiger charge is -2.32. The van der Waals surface area contributed by atoms with Crippen LogP contribution in [0.5, 0.6) is 5.75 Å². The minimum atomic E-state index is -3.68. The number of piperidine rings is 1. The molecule has 2 aromatic carbocycles. The van der Waals surface area contributed by atoms with Crippen LogP contribution < -0.4 is 20.5 Å². The number of carbonyl (C=O) groups is 1. The molecule has 1 fully saturated rings. The number of halogens is 2. The monoisotopic (exact) mass is 612 g/mol. The number of hydrogen-bond donors (Lipinski definition) is 3. The average Bonchev–Trinajstić information content (AvgIpc) is 3.42. The Labute approximate surface area is 246 Å². The molecule has 5 N–H and O–H groups in total. The highest BCUT2D eigenvalue weighted by atomic mass is 35.5. The van der Waals surface area contributed by atoms with Crippen LogP contribution in [0.25, 0.3) is 6.08 Å². The third-order valence-electron chi connectivity index (χ3n) is 6.27. The molecule has 2 aliphatic heterocycles. The van der Waals surface area contributed by atoms with Crippen LogP contribution in [0.4, 0.5) is 5.69 Å². The Hall–Kier alpha value is -3.48. The van der Waals surface area contributed by atoms with Crippen LogP contribution >= 0.6 is 24.8 Å². The van der Waals surface area contributed by atoms with Crippen LogP contribution in [0.1, 0.15) is 34.3 Å². The Kier molecular flexibility index (Phi) is 11.7. The molecule has 2 heterocycles.